The lowest BCUT2D eigenvalue weighted by Gasteiger charge is -2.64. The standard InChI is InChI=1S/C30H43BN4O6/c1-19(36)33-22(16-20-10-6-5-7-11-20)28(38)35-15-9-12-23(35)27(37)34-26(13-8-14-32-39)31-40-25-18-21-17-24(29(21,2)3)30(25,4)41-31/h5-7,10-11,14,21-26,39H,8-9,12-13,15-18H2,1-4H3,(H,33,36)(H,34,37)/b32-14+/t21-,22+,23-,24-,25+,26-,30-/m0/s1. The largest absolute Gasteiger partial charge is 0.481 e. The van der Waals surface area contributed by atoms with Crippen molar-refractivity contribution in [2.24, 2.45) is 22.4 Å². The molecule has 2 aliphatic heterocycles. The van der Waals surface area contributed by atoms with E-state index in [4.69, 9.17) is 14.5 Å². The first kappa shape index (κ1) is 29.6. The van der Waals surface area contributed by atoms with Crippen molar-refractivity contribution in [2.75, 3.05) is 6.54 Å². The number of carbonyl (C=O) groups is 3. The zero-order chi connectivity index (χ0) is 29.4. The molecule has 3 N–H and O–H groups in total. The molecule has 2 heterocycles. The molecule has 3 saturated carbocycles. The van der Waals surface area contributed by atoms with Gasteiger partial charge < -0.3 is 30.0 Å². The van der Waals surface area contributed by atoms with Gasteiger partial charge in [-0.1, -0.05) is 44.2 Å². The summed E-state index contributed by atoms with van der Waals surface area (Å²) in [5.41, 5.74) is 0.702. The van der Waals surface area contributed by atoms with Gasteiger partial charge in [-0.25, -0.2) is 0 Å². The molecule has 11 heteroatoms. The molecular formula is C30H43BN4O6. The summed E-state index contributed by atoms with van der Waals surface area (Å²) in [4.78, 5) is 41.0. The first-order chi connectivity index (χ1) is 19.5. The van der Waals surface area contributed by atoms with Crippen LogP contribution in [0.1, 0.15) is 71.8 Å². The first-order valence-corrected chi connectivity index (χ1v) is 15.0. The predicted molar refractivity (Wildman–Crippen MR) is 154 cm³/mol. The second-order valence-electron chi connectivity index (χ2n) is 13.0. The monoisotopic (exact) mass is 566 g/mol. The van der Waals surface area contributed by atoms with Crippen LogP contribution in [0.4, 0.5) is 0 Å². The average Bonchev–Trinajstić information content (AvgIpc) is 3.56. The Hall–Kier alpha value is -2.92. The number of amides is 3. The van der Waals surface area contributed by atoms with E-state index < -0.39 is 30.7 Å². The van der Waals surface area contributed by atoms with Crippen molar-refractivity contribution < 1.29 is 28.9 Å². The minimum absolute atomic E-state index is 0.0313. The van der Waals surface area contributed by atoms with Crippen LogP contribution >= 0.6 is 0 Å². The topological polar surface area (TPSA) is 130 Å². The molecule has 0 radical (unpaired) electrons. The molecule has 3 aliphatic carbocycles. The Morgan fingerprint density at radius 2 is 1.95 bits per heavy atom. The summed E-state index contributed by atoms with van der Waals surface area (Å²) in [6.07, 6.45) is 5.89. The molecule has 7 atom stereocenters. The molecule has 6 rings (SSSR count). The van der Waals surface area contributed by atoms with E-state index in [-0.39, 0.29) is 29.2 Å². The quantitative estimate of drug-likeness (QED) is 0.173. The molecule has 2 saturated heterocycles. The number of hydrogen-bond donors (Lipinski definition) is 3. The van der Waals surface area contributed by atoms with Crippen molar-refractivity contribution >= 4 is 31.1 Å². The second kappa shape index (κ2) is 11.8. The van der Waals surface area contributed by atoms with Crippen LogP contribution in [0.25, 0.3) is 0 Å². The van der Waals surface area contributed by atoms with E-state index in [0.717, 1.165) is 18.4 Å². The highest BCUT2D eigenvalue weighted by Crippen LogP contribution is 2.65. The van der Waals surface area contributed by atoms with Crippen molar-refractivity contribution in [2.45, 2.75) is 102 Å². The molecular weight excluding hydrogens is 523 g/mol. The molecule has 222 valence electrons. The Morgan fingerprint density at radius 1 is 1.20 bits per heavy atom. The van der Waals surface area contributed by atoms with Gasteiger partial charge >= 0.3 is 7.12 Å². The lowest BCUT2D eigenvalue weighted by Crippen LogP contribution is -2.65. The predicted octanol–water partition coefficient (Wildman–Crippen LogP) is 2.72. The fraction of sp³-hybridized carbons (Fsp3) is 0.667. The molecule has 10 nitrogen and oxygen atoms in total. The third kappa shape index (κ3) is 5.75. The summed E-state index contributed by atoms with van der Waals surface area (Å²) in [6, 6.07) is 8.11. The van der Waals surface area contributed by atoms with E-state index in [1.807, 2.05) is 30.3 Å². The summed E-state index contributed by atoms with van der Waals surface area (Å²) in [6.45, 7) is 8.58. The van der Waals surface area contributed by atoms with Gasteiger partial charge in [-0.3, -0.25) is 14.4 Å². The number of hydrogen-bond acceptors (Lipinski definition) is 7. The normalized spacial score (nSPS) is 31.3. The van der Waals surface area contributed by atoms with Gasteiger partial charge in [0.05, 0.1) is 17.6 Å². The Bertz CT molecular complexity index is 1160. The molecule has 2 bridgehead atoms. The number of carbonyl (C=O) groups excluding carboxylic acids is 3. The fourth-order valence-corrected chi connectivity index (χ4v) is 7.74. The number of benzene rings is 1. The molecule has 5 aliphatic rings. The van der Waals surface area contributed by atoms with Crippen molar-refractivity contribution in [3.8, 4) is 0 Å². The maximum atomic E-state index is 13.7. The molecule has 5 fully saturated rings. The third-order valence-corrected chi connectivity index (χ3v) is 10.1. The SMILES string of the molecule is CC(=O)N[C@H](Cc1ccccc1)C(=O)N1CCC[C@H]1C(=O)N[C@@H](CC/C=N/O)B1O[C@@H]2C[C@@H]3C[C@@H](C3(C)C)[C@]2(C)O1. The van der Waals surface area contributed by atoms with Crippen LogP contribution in [0.3, 0.4) is 0 Å². The lowest BCUT2D eigenvalue weighted by atomic mass is 9.43. The van der Waals surface area contributed by atoms with Crippen LogP contribution in [-0.2, 0) is 30.1 Å². The maximum absolute atomic E-state index is 13.7. The molecule has 0 unspecified atom stereocenters. The molecule has 41 heavy (non-hydrogen) atoms. The van der Waals surface area contributed by atoms with Gasteiger partial charge in [0, 0.05) is 26.1 Å². The maximum Gasteiger partial charge on any atom is 0.481 e. The number of rotatable bonds is 10. The van der Waals surface area contributed by atoms with Gasteiger partial charge in [0.1, 0.15) is 12.1 Å². The third-order valence-electron chi connectivity index (χ3n) is 10.1. The number of nitrogens with zero attached hydrogens (tertiary/aromatic N) is 2. The minimum atomic E-state index is -0.765. The number of likely N-dealkylation sites (tertiary alicyclic amines) is 1. The summed E-state index contributed by atoms with van der Waals surface area (Å²) >= 11 is 0. The van der Waals surface area contributed by atoms with Crippen LogP contribution in [-0.4, -0.2) is 77.4 Å². The highest BCUT2D eigenvalue weighted by atomic mass is 16.7. The van der Waals surface area contributed by atoms with Crippen molar-refractivity contribution in [1.29, 1.82) is 0 Å². The highest BCUT2D eigenvalue weighted by Gasteiger charge is 2.68. The minimum Gasteiger partial charge on any atom is -0.411 e. The van der Waals surface area contributed by atoms with E-state index in [2.05, 4.69) is 36.6 Å². The highest BCUT2D eigenvalue weighted by molar-refractivity contribution is 6.48. The summed E-state index contributed by atoms with van der Waals surface area (Å²) in [7, 11) is -0.632. The average molecular weight is 567 g/mol. The van der Waals surface area contributed by atoms with Crippen LogP contribution in [0.5, 0.6) is 0 Å². The molecule has 3 amide bonds. The smallest absolute Gasteiger partial charge is 0.411 e. The van der Waals surface area contributed by atoms with Crippen LogP contribution < -0.4 is 10.6 Å². The van der Waals surface area contributed by atoms with Gasteiger partial charge in [0.25, 0.3) is 0 Å². The Morgan fingerprint density at radius 3 is 2.63 bits per heavy atom. The van der Waals surface area contributed by atoms with Crippen molar-refractivity contribution in [1.82, 2.24) is 15.5 Å². The Labute approximate surface area is 242 Å². The van der Waals surface area contributed by atoms with Gasteiger partial charge in [0.15, 0.2) is 0 Å². The lowest BCUT2D eigenvalue weighted by molar-refractivity contribution is -0.199. The van der Waals surface area contributed by atoms with Gasteiger partial charge in [-0.05, 0) is 68.3 Å². The van der Waals surface area contributed by atoms with Gasteiger partial charge in [0.2, 0.25) is 17.7 Å². The van der Waals surface area contributed by atoms with Crippen LogP contribution in [0, 0.1) is 17.3 Å². The zero-order valence-corrected chi connectivity index (χ0v) is 24.5. The second-order valence-corrected chi connectivity index (χ2v) is 13.0. The summed E-state index contributed by atoms with van der Waals surface area (Å²) in [5, 5.41) is 18.0. The van der Waals surface area contributed by atoms with E-state index in [1.165, 1.54) is 13.1 Å². The number of oxime groups is 1. The summed E-state index contributed by atoms with van der Waals surface area (Å²) < 4.78 is 13.1. The Kier molecular flexibility index (Phi) is 8.48. The van der Waals surface area contributed by atoms with Crippen LogP contribution in [0.2, 0.25) is 0 Å². The zero-order valence-electron chi connectivity index (χ0n) is 24.5. The van der Waals surface area contributed by atoms with E-state index in [1.54, 1.807) is 4.90 Å². The van der Waals surface area contributed by atoms with Gasteiger partial charge in [-0.2, -0.15) is 0 Å². The molecule has 0 aromatic heterocycles. The molecule has 1 aromatic carbocycles. The number of nitrogens with one attached hydrogen (secondary N) is 2. The molecule has 0 spiro atoms. The van der Waals surface area contributed by atoms with E-state index in [0.29, 0.717) is 50.5 Å². The van der Waals surface area contributed by atoms with Crippen molar-refractivity contribution in [3.05, 3.63) is 35.9 Å². The van der Waals surface area contributed by atoms with Crippen LogP contribution in [0.15, 0.2) is 35.5 Å². The van der Waals surface area contributed by atoms with Crippen molar-refractivity contribution in [3.63, 3.8) is 0 Å². The molecule has 1 aromatic rings. The Balaban J connectivity index is 1.29. The van der Waals surface area contributed by atoms with E-state index >= 15 is 0 Å². The van der Waals surface area contributed by atoms with E-state index in [9.17, 15) is 14.4 Å². The first-order valence-electron chi connectivity index (χ1n) is 15.0. The fourth-order valence-electron chi connectivity index (χ4n) is 7.74. The summed E-state index contributed by atoms with van der Waals surface area (Å²) in [5.74, 6) is -0.308. The van der Waals surface area contributed by atoms with Gasteiger partial charge in [-0.15, -0.1) is 5.16 Å².